The van der Waals surface area contributed by atoms with Gasteiger partial charge in [-0.2, -0.15) is 0 Å². The van der Waals surface area contributed by atoms with E-state index < -0.39 is 0 Å². The van der Waals surface area contributed by atoms with Crippen molar-refractivity contribution < 1.29 is 4.39 Å². The molecule has 0 saturated carbocycles. The number of aromatic nitrogens is 2. The third-order valence-corrected chi connectivity index (χ3v) is 5.49. The van der Waals surface area contributed by atoms with Crippen LogP contribution in [0.5, 0.6) is 0 Å². The minimum Gasteiger partial charge on any atom is -0.352 e. The van der Waals surface area contributed by atoms with Crippen molar-refractivity contribution in [2.45, 2.75) is 31.8 Å². The first kappa shape index (κ1) is 18.6. The SMILES string of the molecule is CCCCN1C(=S)N[C@@H](c2ccccn2)[C@@H]1c1cccn1-c1ccc(F)cc1. The summed E-state index contributed by atoms with van der Waals surface area (Å²) in [6.07, 6.45) is 5.98. The van der Waals surface area contributed by atoms with Gasteiger partial charge in [0.05, 0.1) is 17.8 Å². The van der Waals surface area contributed by atoms with Gasteiger partial charge in [0.1, 0.15) is 5.82 Å². The molecule has 1 aromatic carbocycles. The third kappa shape index (κ3) is 3.52. The van der Waals surface area contributed by atoms with E-state index in [1.54, 1.807) is 12.1 Å². The lowest BCUT2D eigenvalue weighted by atomic mass is 10.0. The fraction of sp³-hybridized carbons (Fsp3) is 0.273. The molecule has 2 aromatic heterocycles. The molecule has 0 aliphatic carbocycles. The highest BCUT2D eigenvalue weighted by Gasteiger charge is 2.40. The van der Waals surface area contributed by atoms with E-state index in [1.807, 2.05) is 36.7 Å². The van der Waals surface area contributed by atoms with E-state index in [-0.39, 0.29) is 17.9 Å². The summed E-state index contributed by atoms with van der Waals surface area (Å²) in [6, 6.07) is 16.6. The van der Waals surface area contributed by atoms with Crippen LogP contribution in [0.15, 0.2) is 67.0 Å². The number of hydrogen-bond acceptors (Lipinski definition) is 2. The Hall–Kier alpha value is -2.73. The van der Waals surface area contributed by atoms with Crippen molar-refractivity contribution >= 4 is 17.3 Å². The minimum absolute atomic E-state index is 0.00834. The predicted octanol–water partition coefficient (Wildman–Crippen LogP) is 4.78. The molecule has 1 aliphatic heterocycles. The molecule has 2 atom stereocenters. The van der Waals surface area contributed by atoms with Crippen LogP contribution in [0, 0.1) is 5.82 Å². The summed E-state index contributed by atoms with van der Waals surface area (Å²) < 4.78 is 15.5. The van der Waals surface area contributed by atoms with Gasteiger partial charge in [0, 0.05) is 30.3 Å². The van der Waals surface area contributed by atoms with E-state index in [0.717, 1.165) is 41.6 Å². The Labute approximate surface area is 170 Å². The lowest BCUT2D eigenvalue weighted by molar-refractivity contribution is 0.304. The Morgan fingerprint density at radius 2 is 1.93 bits per heavy atom. The van der Waals surface area contributed by atoms with Crippen molar-refractivity contribution in [3.63, 3.8) is 0 Å². The number of benzene rings is 1. The molecule has 144 valence electrons. The molecule has 1 fully saturated rings. The van der Waals surface area contributed by atoms with Crippen LogP contribution in [-0.2, 0) is 0 Å². The first-order valence-corrected chi connectivity index (χ1v) is 10.0. The van der Waals surface area contributed by atoms with E-state index in [0.29, 0.717) is 0 Å². The number of nitrogens with one attached hydrogen (secondary N) is 1. The molecule has 0 unspecified atom stereocenters. The number of pyridine rings is 1. The lowest BCUT2D eigenvalue weighted by Gasteiger charge is -2.29. The molecule has 0 amide bonds. The highest BCUT2D eigenvalue weighted by atomic mass is 32.1. The zero-order valence-electron chi connectivity index (χ0n) is 15.8. The molecule has 0 radical (unpaired) electrons. The molecular formula is C22H23FN4S. The van der Waals surface area contributed by atoms with E-state index in [2.05, 4.69) is 32.8 Å². The largest absolute Gasteiger partial charge is 0.352 e. The van der Waals surface area contributed by atoms with Gasteiger partial charge in [0.25, 0.3) is 0 Å². The molecule has 6 heteroatoms. The second-order valence-electron chi connectivity index (χ2n) is 6.95. The summed E-state index contributed by atoms with van der Waals surface area (Å²) in [5, 5.41) is 4.23. The van der Waals surface area contributed by atoms with Crippen LogP contribution in [0.4, 0.5) is 4.39 Å². The van der Waals surface area contributed by atoms with Crippen molar-refractivity contribution in [1.29, 1.82) is 0 Å². The van der Waals surface area contributed by atoms with E-state index in [1.165, 1.54) is 12.1 Å². The maximum Gasteiger partial charge on any atom is 0.170 e. The normalized spacial score (nSPS) is 19.1. The van der Waals surface area contributed by atoms with Crippen LogP contribution in [0.1, 0.15) is 43.2 Å². The molecule has 1 saturated heterocycles. The van der Waals surface area contributed by atoms with Gasteiger partial charge in [-0.25, -0.2) is 4.39 Å². The summed E-state index contributed by atoms with van der Waals surface area (Å²) in [5.74, 6) is -0.239. The lowest BCUT2D eigenvalue weighted by Crippen LogP contribution is -2.31. The van der Waals surface area contributed by atoms with E-state index in [4.69, 9.17) is 12.2 Å². The molecule has 4 rings (SSSR count). The van der Waals surface area contributed by atoms with Gasteiger partial charge in [-0.3, -0.25) is 4.98 Å². The second kappa shape index (κ2) is 8.10. The summed E-state index contributed by atoms with van der Waals surface area (Å²) >= 11 is 5.69. The maximum atomic E-state index is 13.4. The van der Waals surface area contributed by atoms with Gasteiger partial charge in [-0.05, 0) is 67.2 Å². The topological polar surface area (TPSA) is 33.1 Å². The Morgan fingerprint density at radius 3 is 2.64 bits per heavy atom. The minimum atomic E-state index is -0.239. The summed E-state index contributed by atoms with van der Waals surface area (Å²) in [4.78, 5) is 6.83. The van der Waals surface area contributed by atoms with Crippen molar-refractivity contribution in [2.75, 3.05) is 6.54 Å². The van der Waals surface area contributed by atoms with Gasteiger partial charge >= 0.3 is 0 Å². The van der Waals surface area contributed by atoms with Crippen LogP contribution in [-0.4, -0.2) is 26.1 Å². The smallest absolute Gasteiger partial charge is 0.170 e. The zero-order valence-corrected chi connectivity index (χ0v) is 16.6. The fourth-order valence-electron chi connectivity index (χ4n) is 3.77. The first-order chi connectivity index (χ1) is 13.7. The summed E-state index contributed by atoms with van der Waals surface area (Å²) in [5.41, 5.74) is 2.99. The third-order valence-electron chi connectivity index (χ3n) is 5.14. The van der Waals surface area contributed by atoms with Crippen molar-refractivity contribution in [3.8, 4) is 5.69 Å². The molecular weight excluding hydrogens is 371 g/mol. The monoisotopic (exact) mass is 394 g/mol. The number of hydrogen-bond donors (Lipinski definition) is 1. The molecule has 4 nitrogen and oxygen atoms in total. The standard InChI is InChI=1S/C22H23FN4S/c1-2-3-14-27-21(20(25-22(27)28)18-7-4-5-13-24-18)19-8-6-15-26(19)17-11-9-16(23)10-12-17/h4-13,15,20-21H,2-3,14H2,1H3,(H,25,28)/t20-,21-/m0/s1. The number of thiocarbonyl (C=S) groups is 1. The summed E-state index contributed by atoms with van der Waals surface area (Å²) in [7, 11) is 0. The average molecular weight is 395 g/mol. The van der Waals surface area contributed by atoms with Crippen molar-refractivity contribution in [2.24, 2.45) is 0 Å². The maximum absolute atomic E-state index is 13.4. The Balaban J connectivity index is 1.78. The molecule has 1 aliphatic rings. The number of unbranched alkanes of at least 4 members (excludes halogenated alkanes) is 1. The Kier molecular flexibility index (Phi) is 5.39. The van der Waals surface area contributed by atoms with Crippen LogP contribution in [0.3, 0.4) is 0 Å². The zero-order chi connectivity index (χ0) is 19.5. The van der Waals surface area contributed by atoms with Crippen molar-refractivity contribution in [3.05, 3.63) is 84.2 Å². The fourth-order valence-corrected chi connectivity index (χ4v) is 4.10. The average Bonchev–Trinajstić information content (AvgIpc) is 3.32. The second-order valence-corrected chi connectivity index (χ2v) is 7.34. The number of nitrogens with zero attached hydrogens (tertiary/aromatic N) is 3. The predicted molar refractivity (Wildman–Crippen MR) is 113 cm³/mol. The molecule has 3 heterocycles. The highest BCUT2D eigenvalue weighted by molar-refractivity contribution is 7.80. The van der Waals surface area contributed by atoms with Crippen molar-refractivity contribution in [1.82, 2.24) is 19.8 Å². The molecule has 28 heavy (non-hydrogen) atoms. The highest BCUT2D eigenvalue weighted by Crippen LogP contribution is 2.39. The van der Waals surface area contributed by atoms with Gasteiger partial charge in [-0.1, -0.05) is 19.4 Å². The number of halogens is 1. The van der Waals surface area contributed by atoms with Crippen LogP contribution in [0.25, 0.3) is 5.69 Å². The number of rotatable bonds is 6. The van der Waals surface area contributed by atoms with Gasteiger partial charge in [0.15, 0.2) is 5.11 Å². The first-order valence-electron chi connectivity index (χ1n) is 9.60. The Bertz CT molecular complexity index is 939. The van der Waals surface area contributed by atoms with E-state index >= 15 is 0 Å². The van der Waals surface area contributed by atoms with E-state index in [9.17, 15) is 4.39 Å². The molecule has 0 bridgehead atoms. The summed E-state index contributed by atoms with van der Waals surface area (Å²) in [6.45, 7) is 3.06. The van der Waals surface area contributed by atoms with Crippen LogP contribution < -0.4 is 5.32 Å². The van der Waals surface area contributed by atoms with Gasteiger partial charge in [0.2, 0.25) is 0 Å². The molecule has 3 aromatic rings. The molecule has 0 spiro atoms. The van der Waals surface area contributed by atoms with Gasteiger partial charge in [-0.15, -0.1) is 0 Å². The molecule has 1 N–H and O–H groups in total. The van der Waals surface area contributed by atoms with Crippen LogP contribution in [0.2, 0.25) is 0 Å². The van der Waals surface area contributed by atoms with Crippen LogP contribution >= 0.6 is 12.2 Å². The quantitative estimate of drug-likeness (QED) is 0.610. The Morgan fingerprint density at radius 1 is 1.11 bits per heavy atom. The van der Waals surface area contributed by atoms with Gasteiger partial charge < -0.3 is 14.8 Å².